The highest BCUT2D eigenvalue weighted by Gasteiger charge is 2.34. The second kappa shape index (κ2) is 5.17. The number of piperidine rings is 1. The Labute approximate surface area is 114 Å². The number of carbonyl (C=O) groups excluding carboxylic acids is 1. The Balaban J connectivity index is 2.37. The summed E-state index contributed by atoms with van der Waals surface area (Å²) in [6, 6.07) is 3.54. The SMILES string of the molecule is O=C1CCCN(S(=O)(=O)c2cccc(C(F)(F)F)c2)C1. The first-order chi connectivity index (χ1) is 9.21. The Bertz CT molecular complexity index is 625. The van der Waals surface area contributed by atoms with Gasteiger partial charge in [-0.15, -0.1) is 0 Å². The van der Waals surface area contributed by atoms with Crippen molar-refractivity contribution in [2.45, 2.75) is 23.9 Å². The van der Waals surface area contributed by atoms with Gasteiger partial charge in [0.05, 0.1) is 17.0 Å². The van der Waals surface area contributed by atoms with Crippen LogP contribution in [-0.2, 0) is 21.0 Å². The Hall–Kier alpha value is -1.41. The van der Waals surface area contributed by atoms with E-state index in [1.54, 1.807) is 0 Å². The summed E-state index contributed by atoms with van der Waals surface area (Å²) >= 11 is 0. The molecule has 1 aliphatic heterocycles. The van der Waals surface area contributed by atoms with Crippen LogP contribution in [0, 0.1) is 0 Å². The number of carbonyl (C=O) groups is 1. The lowest BCUT2D eigenvalue weighted by atomic mass is 10.1. The standard InChI is InChI=1S/C12H12F3NO3S/c13-12(14,15)9-3-1-5-11(7-9)20(18,19)16-6-2-4-10(17)8-16/h1,3,5,7H,2,4,6,8H2. The summed E-state index contributed by atoms with van der Waals surface area (Å²) in [5, 5.41) is 0. The topological polar surface area (TPSA) is 54.5 Å². The molecule has 2 rings (SSSR count). The van der Waals surface area contributed by atoms with E-state index in [9.17, 15) is 26.4 Å². The van der Waals surface area contributed by atoms with Crippen molar-refractivity contribution in [2.75, 3.05) is 13.1 Å². The number of alkyl halides is 3. The number of halogens is 3. The highest BCUT2D eigenvalue weighted by molar-refractivity contribution is 7.89. The summed E-state index contributed by atoms with van der Waals surface area (Å²) in [7, 11) is -4.07. The summed E-state index contributed by atoms with van der Waals surface area (Å²) in [4.78, 5) is 10.8. The van der Waals surface area contributed by atoms with Crippen LogP contribution < -0.4 is 0 Å². The van der Waals surface area contributed by atoms with Gasteiger partial charge in [-0.2, -0.15) is 17.5 Å². The molecule has 0 radical (unpaired) electrons. The first-order valence-electron chi connectivity index (χ1n) is 5.90. The van der Waals surface area contributed by atoms with Crippen LogP contribution in [0.5, 0.6) is 0 Å². The molecule has 20 heavy (non-hydrogen) atoms. The molecule has 1 aromatic carbocycles. The van der Waals surface area contributed by atoms with E-state index in [-0.39, 0.29) is 18.9 Å². The minimum atomic E-state index is -4.61. The molecule has 1 aliphatic rings. The van der Waals surface area contributed by atoms with Crippen molar-refractivity contribution in [2.24, 2.45) is 0 Å². The maximum Gasteiger partial charge on any atom is 0.416 e. The predicted octanol–water partition coefficient (Wildman–Crippen LogP) is 2.06. The quantitative estimate of drug-likeness (QED) is 0.840. The number of Topliss-reactive ketones (excluding diaryl/α,β-unsaturated/α-hetero) is 1. The maximum atomic E-state index is 12.6. The number of ketones is 1. The lowest BCUT2D eigenvalue weighted by Crippen LogP contribution is -2.40. The van der Waals surface area contributed by atoms with E-state index in [4.69, 9.17) is 0 Å². The lowest BCUT2D eigenvalue weighted by Gasteiger charge is -2.25. The van der Waals surface area contributed by atoms with E-state index >= 15 is 0 Å². The van der Waals surface area contributed by atoms with Crippen molar-refractivity contribution < 1.29 is 26.4 Å². The molecule has 8 heteroatoms. The molecule has 0 atom stereocenters. The molecule has 4 nitrogen and oxygen atoms in total. The Kier molecular flexibility index (Phi) is 3.88. The lowest BCUT2D eigenvalue weighted by molar-refractivity contribution is -0.137. The van der Waals surface area contributed by atoms with E-state index in [1.807, 2.05) is 0 Å². The summed E-state index contributed by atoms with van der Waals surface area (Å²) < 4.78 is 63.2. The van der Waals surface area contributed by atoms with Crippen molar-refractivity contribution in [3.05, 3.63) is 29.8 Å². The minimum Gasteiger partial charge on any atom is -0.298 e. The van der Waals surface area contributed by atoms with Gasteiger partial charge >= 0.3 is 6.18 Å². The van der Waals surface area contributed by atoms with Gasteiger partial charge in [-0.3, -0.25) is 4.79 Å². The molecule has 1 aromatic rings. The summed E-state index contributed by atoms with van der Waals surface area (Å²) in [5.41, 5.74) is -1.03. The van der Waals surface area contributed by atoms with Crippen LogP contribution >= 0.6 is 0 Å². The minimum absolute atomic E-state index is 0.143. The predicted molar refractivity (Wildman–Crippen MR) is 64.4 cm³/mol. The summed E-state index contributed by atoms with van der Waals surface area (Å²) in [6.45, 7) is -0.136. The molecule has 1 fully saturated rings. The van der Waals surface area contributed by atoms with Crippen molar-refractivity contribution in [1.29, 1.82) is 0 Å². The van der Waals surface area contributed by atoms with Crippen LogP contribution in [0.15, 0.2) is 29.2 Å². The molecule has 0 aliphatic carbocycles. The first kappa shape index (κ1) is 15.0. The largest absolute Gasteiger partial charge is 0.416 e. The zero-order valence-electron chi connectivity index (χ0n) is 10.4. The van der Waals surface area contributed by atoms with Gasteiger partial charge in [0.2, 0.25) is 10.0 Å². The zero-order valence-corrected chi connectivity index (χ0v) is 11.2. The second-order valence-electron chi connectivity index (χ2n) is 4.51. The van der Waals surface area contributed by atoms with Crippen LogP contribution in [0.3, 0.4) is 0 Å². The van der Waals surface area contributed by atoms with E-state index in [0.29, 0.717) is 18.9 Å². The van der Waals surface area contributed by atoms with Gasteiger partial charge in [0.1, 0.15) is 5.78 Å². The van der Waals surface area contributed by atoms with Gasteiger partial charge < -0.3 is 0 Å². The molecule has 0 aromatic heterocycles. The fourth-order valence-electron chi connectivity index (χ4n) is 1.99. The van der Waals surface area contributed by atoms with Crippen LogP contribution in [-0.4, -0.2) is 31.6 Å². The third-order valence-corrected chi connectivity index (χ3v) is 4.86. The monoisotopic (exact) mass is 307 g/mol. The van der Waals surface area contributed by atoms with Crippen molar-refractivity contribution in [3.8, 4) is 0 Å². The third kappa shape index (κ3) is 3.01. The molecule has 1 heterocycles. The zero-order chi connectivity index (χ0) is 15.0. The third-order valence-electron chi connectivity index (χ3n) is 3.01. The number of rotatable bonds is 2. The number of hydrogen-bond donors (Lipinski definition) is 0. The molecular weight excluding hydrogens is 295 g/mol. The van der Waals surface area contributed by atoms with Gasteiger partial charge in [0.15, 0.2) is 0 Å². The van der Waals surface area contributed by atoms with Gasteiger partial charge in [-0.05, 0) is 24.6 Å². The molecule has 0 amide bonds. The summed E-state index contributed by atoms with van der Waals surface area (Å²) in [6.07, 6.45) is -3.92. The second-order valence-corrected chi connectivity index (χ2v) is 6.44. The Morgan fingerprint density at radius 1 is 1.20 bits per heavy atom. The molecule has 0 spiro atoms. The van der Waals surface area contributed by atoms with Gasteiger partial charge in [-0.25, -0.2) is 8.42 Å². The molecule has 1 saturated heterocycles. The maximum absolute atomic E-state index is 12.6. The average Bonchev–Trinajstić information content (AvgIpc) is 2.38. The van der Waals surface area contributed by atoms with E-state index in [0.717, 1.165) is 22.5 Å². The van der Waals surface area contributed by atoms with Gasteiger partial charge in [0, 0.05) is 13.0 Å². The fraction of sp³-hybridized carbons (Fsp3) is 0.417. The smallest absolute Gasteiger partial charge is 0.298 e. The molecular formula is C12H12F3NO3S. The van der Waals surface area contributed by atoms with Crippen molar-refractivity contribution >= 4 is 15.8 Å². The molecule has 0 N–H and O–H groups in total. The fourth-order valence-corrected chi connectivity index (χ4v) is 3.50. The van der Waals surface area contributed by atoms with E-state index in [2.05, 4.69) is 0 Å². The highest BCUT2D eigenvalue weighted by Crippen LogP contribution is 2.31. The van der Waals surface area contributed by atoms with Crippen molar-refractivity contribution in [3.63, 3.8) is 0 Å². The number of hydrogen-bond acceptors (Lipinski definition) is 3. The van der Waals surface area contributed by atoms with Crippen LogP contribution in [0.4, 0.5) is 13.2 Å². The molecule has 0 unspecified atom stereocenters. The molecule has 0 bridgehead atoms. The number of nitrogens with zero attached hydrogens (tertiary/aromatic N) is 1. The van der Waals surface area contributed by atoms with Gasteiger partial charge in [0.25, 0.3) is 0 Å². The molecule has 0 saturated carbocycles. The number of sulfonamides is 1. The average molecular weight is 307 g/mol. The van der Waals surface area contributed by atoms with Crippen LogP contribution in [0.25, 0.3) is 0 Å². The van der Waals surface area contributed by atoms with E-state index in [1.165, 1.54) is 0 Å². The summed E-state index contributed by atoms with van der Waals surface area (Å²) in [5.74, 6) is -0.230. The normalized spacial score (nSPS) is 18.2. The first-order valence-corrected chi connectivity index (χ1v) is 7.34. The number of benzene rings is 1. The van der Waals surface area contributed by atoms with Crippen LogP contribution in [0.1, 0.15) is 18.4 Å². The van der Waals surface area contributed by atoms with Crippen molar-refractivity contribution in [1.82, 2.24) is 4.31 Å². The Morgan fingerprint density at radius 3 is 2.50 bits per heavy atom. The highest BCUT2D eigenvalue weighted by atomic mass is 32.2. The van der Waals surface area contributed by atoms with Crippen LogP contribution in [0.2, 0.25) is 0 Å². The Morgan fingerprint density at radius 2 is 1.90 bits per heavy atom. The molecule has 110 valence electrons. The van der Waals surface area contributed by atoms with E-state index < -0.39 is 26.7 Å². The van der Waals surface area contributed by atoms with Gasteiger partial charge in [-0.1, -0.05) is 6.07 Å².